The summed E-state index contributed by atoms with van der Waals surface area (Å²) in [6, 6.07) is 6.36. The second-order valence-electron chi connectivity index (χ2n) is 2.55. The zero-order valence-electron chi connectivity index (χ0n) is 7.26. The van der Waals surface area contributed by atoms with Crippen LogP contribution in [0.5, 0.6) is 0 Å². The minimum absolute atomic E-state index is 0. The van der Waals surface area contributed by atoms with Crippen LogP contribution in [0.25, 0.3) is 0 Å². The summed E-state index contributed by atoms with van der Waals surface area (Å²) in [6.45, 7) is 7.51. The van der Waals surface area contributed by atoms with Gasteiger partial charge in [-0.05, 0) is 13.0 Å². The number of aryl methyl sites for hydroxylation is 2. The van der Waals surface area contributed by atoms with Crippen molar-refractivity contribution >= 4 is 0 Å². The van der Waals surface area contributed by atoms with E-state index in [-0.39, 0.29) is 12.4 Å². The van der Waals surface area contributed by atoms with Crippen molar-refractivity contribution in [2.75, 3.05) is 0 Å². The molecule has 0 spiro atoms. The molecule has 0 saturated heterocycles. The molecule has 0 radical (unpaired) electrons. The van der Waals surface area contributed by atoms with Gasteiger partial charge in [-0.3, -0.25) is 0 Å². The third-order valence-electron chi connectivity index (χ3n) is 1.84. The number of halogens is 1. The van der Waals surface area contributed by atoms with Crippen molar-refractivity contribution in [3.63, 3.8) is 0 Å². The van der Waals surface area contributed by atoms with Gasteiger partial charge < -0.3 is 12.4 Å². The number of pyridine rings is 1. The Morgan fingerprint density at radius 2 is 1.64 bits per heavy atom. The zero-order chi connectivity index (χ0) is 7.56. The third kappa shape index (κ3) is 2.19. The maximum Gasteiger partial charge on any atom is 0.178 e. The lowest BCUT2D eigenvalue weighted by Gasteiger charge is -1.98. The molecule has 0 atom stereocenters. The lowest BCUT2D eigenvalue weighted by atomic mass is 10.3. The number of rotatable bonds is 1. The Morgan fingerprint density at radius 3 is 1.91 bits per heavy atom. The van der Waals surface area contributed by atoms with Gasteiger partial charge in [0.1, 0.15) is 6.54 Å². The highest BCUT2D eigenvalue weighted by Crippen LogP contribution is 1.92. The molecule has 0 bridgehead atoms. The average molecular weight is 172 g/mol. The Hall–Kier alpha value is -0.560. The van der Waals surface area contributed by atoms with Crippen molar-refractivity contribution in [3.8, 4) is 0 Å². The second-order valence-corrected chi connectivity index (χ2v) is 2.55. The van der Waals surface area contributed by atoms with Crippen LogP contribution in [-0.4, -0.2) is 0 Å². The maximum atomic E-state index is 2.29. The van der Waals surface area contributed by atoms with E-state index in [0.29, 0.717) is 0 Å². The van der Waals surface area contributed by atoms with E-state index in [9.17, 15) is 0 Å². The van der Waals surface area contributed by atoms with Gasteiger partial charge in [0.2, 0.25) is 0 Å². The van der Waals surface area contributed by atoms with E-state index in [2.05, 4.69) is 43.5 Å². The van der Waals surface area contributed by atoms with Crippen LogP contribution in [0.1, 0.15) is 18.3 Å². The Bertz CT molecular complexity index is 213. The fraction of sp³-hybridized carbons (Fsp3) is 0.444. The monoisotopic (exact) mass is 171 g/mol. The number of hydrogen-bond donors (Lipinski definition) is 0. The number of aromatic nitrogens is 1. The smallest absolute Gasteiger partial charge is 0.178 e. The minimum atomic E-state index is 0. The summed E-state index contributed by atoms with van der Waals surface area (Å²) >= 11 is 0. The summed E-state index contributed by atoms with van der Waals surface area (Å²) < 4.78 is 2.29. The first-order valence-electron chi connectivity index (χ1n) is 3.71. The predicted octanol–water partition coefficient (Wildman–Crippen LogP) is -1.39. The molecule has 2 heteroatoms. The van der Waals surface area contributed by atoms with Crippen molar-refractivity contribution in [2.45, 2.75) is 27.3 Å². The minimum Gasteiger partial charge on any atom is -1.00 e. The lowest BCUT2D eigenvalue weighted by molar-refractivity contribution is -0.705. The normalized spacial score (nSPS) is 9.00. The Balaban J connectivity index is 0.000001000. The summed E-state index contributed by atoms with van der Waals surface area (Å²) in [7, 11) is 0. The molecule has 62 valence electrons. The van der Waals surface area contributed by atoms with Gasteiger partial charge in [0.25, 0.3) is 0 Å². The van der Waals surface area contributed by atoms with Crippen molar-refractivity contribution in [1.29, 1.82) is 0 Å². The fourth-order valence-electron chi connectivity index (χ4n) is 1.28. The van der Waals surface area contributed by atoms with E-state index in [1.165, 1.54) is 11.4 Å². The van der Waals surface area contributed by atoms with Crippen LogP contribution in [0, 0.1) is 13.8 Å². The molecule has 0 aliphatic rings. The van der Waals surface area contributed by atoms with E-state index in [0.717, 1.165) is 6.54 Å². The molecule has 0 aromatic carbocycles. The molecule has 1 nitrogen and oxygen atoms in total. The van der Waals surface area contributed by atoms with Gasteiger partial charge in [0, 0.05) is 26.0 Å². The SMILES string of the molecule is CC[n+]1c(C)cccc1C.[Cl-]. The standard InChI is InChI=1S/C9H14N.ClH/c1-4-10-8(2)6-5-7-9(10)3;/h5-7H,4H2,1-3H3;1H/q+1;/p-1. The quantitative estimate of drug-likeness (QED) is 0.459. The Kier molecular flexibility index (Phi) is 4.12. The topological polar surface area (TPSA) is 3.88 Å². The Morgan fingerprint density at radius 1 is 1.18 bits per heavy atom. The molecule has 0 unspecified atom stereocenters. The van der Waals surface area contributed by atoms with Gasteiger partial charge in [0.15, 0.2) is 11.4 Å². The highest BCUT2D eigenvalue weighted by Gasteiger charge is 2.04. The van der Waals surface area contributed by atoms with Crippen LogP contribution < -0.4 is 17.0 Å². The predicted molar refractivity (Wildman–Crippen MR) is 41.8 cm³/mol. The molecule has 1 rings (SSSR count). The van der Waals surface area contributed by atoms with Gasteiger partial charge in [-0.25, -0.2) is 4.57 Å². The van der Waals surface area contributed by atoms with Crippen LogP contribution in [0.3, 0.4) is 0 Å². The van der Waals surface area contributed by atoms with Crippen LogP contribution in [0.15, 0.2) is 18.2 Å². The van der Waals surface area contributed by atoms with Crippen LogP contribution >= 0.6 is 0 Å². The second kappa shape index (κ2) is 4.35. The summed E-state index contributed by atoms with van der Waals surface area (Å²) in [6.07, 6.45) is 0. The molecule has 11 heavy (non-hydrogen) atoms. The van der Waals surface area contributed by atoms with Crippen molar-refractivity contribution < 1.29 is 17.0 Å². The molecule has 0 N–H and O–H groups in total. The van der Waals surface area contributed by atoms with E-state index in [1.807, 2.05) is 0 Å². The molecular weight excluding hydrogens is 158 g/mol. The van der Waals surface area contributed by atoms with Crippen molar-refractivity contribution in [1.82, 2.24) is 0 Å². The van der Waals surface area contributed by atoms with Crippen molar-refractivity contribution in [2.24, 2.45) is 0 Å². The molecule has 0 fully saturated rings. The fourth-order valence-corrected chi connectivity index (χ4v) is 1.28. The van der Waals surface area contributed by atoms with E-state index < -0.39 is 0 Å². The van der Waals surface area contributed by atoms with Gasteiger partial charge in [-0.2, -0.15) is 0 Å². The zero-order valence-corrected chi connectivity index (χ0v) is 8.02. The van der Waals surface area contributed by atoms with Crippen LogP contribution in [0.4, 0.5) is 0 Å². The Labute approximate surface area is 74.5 Å². The summed E-state index contributed by atoms with van der Waals surface area (Å²) in [5, 5.41) is 0. The van der Waals surface area contributed by atoms with E-state index >= 15 is 0 Å². The summed E-state index contributed by atoms with van der Waals surface area (Å²) in [5.74, 6) is 0. The first-order chi connectivity index (χ1) is 4.75. The van der Waals surface area contributed by atoms with Crippen LogP contribution in [-0.2, 0) is 6.54 Å². The van der Waals surface area contributed by atoms with E-state index in [1.54, 1.807) is 0 Å². The molecular formula is C9H14ClN. The van der Waals surface area contributed by atoms with Gasteiger partial charge in [0.05, 0.1) is 0 Å². The highest BCUT2D eigenvalue weighted by atomic mass is 35.5. The number of hydrogen-bond acceptors (Lipinski definition) is 0. The van der Waals surface area contributed by atoms with Gasteiger partial charge in [-0.1, -0.05) is 0 Å². The summed E-state index contributed by atoms with van der Waals surface area (Å²) in [5.41, 5.74) is 2.67. The molecule has 0 aliphatic heterocycles. The van der Waals surface area contributed by atoms with E-state index in [4.69, 9.17) is 0 Å². The molecule has 0 amide bonds. The van der Waals surface area contributed by atoms with Crippen LogP contribution in [0.2, 0.25) is 0 Å². The third-order valence-corrected chi connectivity index (χ3v) is 1.84. The lowest BCUT2D eigenvalue weighted by Crippen LogP contribution is -3.00. The molecule has 1 aromatic rings. The molecule has 0 saturated carbocycles. The average Bonchev–Trinajstić information content (AvgIpc) is 1.88. The summed E-state index contributed by atoms with van der Waals surface area (Å²) in [4.78, 5) is 0. The molecule has 1 heterocycles. The number of nitrogens with zero attached hydrogens (tertiary/aromatic N) is 1. The first kappa shape index (κ1) is 10.4. The highest BCUT2D eigenvalue weighted by molar-refractivity contribution is 5.00. The molecule has 1 aromatic heterocycles. The van der Waals surface area contributed by atoms with Gasteiger partial charge in [-0.15, -0.1) is 0 Å². The maximum absolute atomic E-state index is 2.29. The first-order valence-corrected chi connectivity index (χ1v) is 3.71. The molecule has 0 aliphatic carbocycles. The van der Waals surface area contributed by atoms with Crippen molar-refractivity contribution in [3.05, 3.63) is 29.6 Å². The largest absolute Gasteiger partial charge is 1.00 e. The van der Waals surface area contributed by atoms with Gasteiger partial charge >= 0.3 is 0 Å².